The van der Waals surface area contributed by atoms with E-state index in [-0.39, 0.29) is 6.04 Å². The summed E-state index contributed by atoms with van der Waals surface area (Å²) >= 11 is 4.44. The molecule has 0 saturated heterocycles. The summed E-state index contributed by atoms with van der Waals surface area (Å²) in [4.78, 5) is 14.7. The molecule has 3 aromatic heterocycles. The number of thiol groups is 1. The van der Waals surface area contributed by atoms with E-state index in [0.29, 0.717) is 0 Å². The van der Waals surface area contributed by atoms with Gasteiger partial charge in [-0.25, -0.2) is 14.4 Å². The third-order valence-corrected chi connectivity index (χ3v) is 8.92. The lowest BCUT2D eigenvalue weighted by Crippen LogP contribution is -2.35. The lowest BCUT2D eigenvalue weighted by molar-refractivity contribution is 0.722. The molecule has 1 aliphatic carbocycles. The Kier molecular flexibility index (Phi) is 7.53. The van der Waals surface area contributed by atoms with E-state index in [9.17, 15) is 0 Å². The van der Waals surface area contributed by atoms with Crippen molar-refractivity contribution >= 4 is 41.1 Å². The Morgan fingerprint density at radius 3 is 2.28 bits per heavy atom. The maximum absolute atomic E-state index is 6.99. The zero-order valence-electron chi connectivity index (χ0n) is 25.3. The predicted octanol–water partition coefficient (Wildman–Crippen LogP) is 8.26. The van der Waals surface area contributed by atoms with Gasteiger partial charge in [-0.2, -0.15) is 0 Å². The van der Waals surface area contributed by atoms with Crippen LogP contribution in [0.2, 0.25) is 0 Å². The van der Waals surface area contributed by atoms with E-state index in [0.717, 1.165) is 78.3 Å². The highest BCUT2D eigenvalue weighted by Crippen LogP contribution is 2.39. The van der Waals surface area contributed by atoms with Gasteiger partial charge in [0.15, 0.2) is 0 Å². The van der Waals surface area contributed by atoms with Crippen LogP contribution >= 0.6 is 12.8 Å². The van der Waals surface area contributed by atoms with Crippen molar-refractivity contribution in [2.45, 2.75) is 12.1 Å². The summed E-state index contributed by atoms with van der Waals surface area (Å²) in [5.41, 5.74) is 19.2. The molecule has 0 saturated carbocycles. The summed E-state index contributed by atoms with van der Waals surface area (Å²) in [5, 5.41) is 4.41. The molecule has 0 amide bonds. The standard InChI is InChI=1S/C40H30N6S/c41-38-30(24-31-37(40(38)46-47)29-12-4-5-13-32(29)45-39(31)27-10-2-1-3-11-27)26-18-16-25(17-19-26)28-22-35(33-14-6-8-20-42-33)44-36(23-28)34-15-7-9-21-43-34/h1-24,33,38,42,47H,41H2. The van der Waals surface area contributed by atoms with Gasteiger partial charge in [0.2, 0.25) is 0 Å². The second-order valence-electron chi connectivity index (χ2n) is 11.5. The van der Waals surface area contributed by atoms with E-state index in [4.69, 9.17) is 15.7 Å². The molecular weight excluding hydrogens is 597 g/mol. The van der Waals surface area contributed by atoms with Crippen LogP contribution in [0.15, 0.2) is 144 Å². The van der Waals surface area contributed by atoms with Crippen molar-refractivity contribution in [3.05, 3.63) is 162 Å². The average molecular weight is 627 g/mol. The topological polar surface area (TPSA) is 89.1 Å². The molecule has 0 fully saturated rings. The first-order valence-electron chi connectivity index (χ1n) is 15.5. The first-order valence-corrected chi connectivity index (χ1v) is 15.9. The summed E-state index contributed by atoms with van der Waals surface area (Å²) in [6.45, 7) is 0. The molecule has 7 heteroatoms. The molecular formula is C40H30N6S. The van der Waals surface area contributed by atoms with Crippen LogP contribution < -0.4 is 11.1 Å². The number of allylic oxidation sites excluding steroid dienone is 2. The maximum atomic E-state index is 6.99. The number of pyridine rings is 3. The Bertz CT molecular complexity index is 2240. The van der Waals surface area contributed by atoms with Crippen LogP contribution in [0.25, 0.3) is 56.3 Å². The number of benzene rings is 3. The summed E-state index contributed by atoms with van der Waals surface area (Å²) in [6, 6.07) is 36.5. The van der Waals surface area contributed by atoms with Crippen LogP contribution in [0.1, 0.15) is 28.4 Å². The number of nitrogens with one attached hydrogen (secondary N) is 1. The van der Waals surface area contributed by atoms with E-state index in [2.05, 4.69) is 94.3 Å². The number of rotatable bonds is 5. The summed E-state index contributed by atoms with van der Waals surface area (Å²) < 4.78 is 4.48. The van der Waals surface area contributed by atoms with Crippen molar-refractivity contribution in [3.8, 4) is 33.8 Å². The van der Waals surface area contributed by atoms with E-state index in [1.807, 2.05) is 72.9 Å². The average Bonchev–Trinajstić information content (AvgIpc) is 3.15. The van der Waals surface area contributed by atoms with Crippen LogP contribution in [-0.2, 0) is 0 Å². The van der Waals surface area contributed by atoms with E-state index < -0.39 is 6.04 Å². The number of hydrogen-bond acceptors (Lipinski definition) is 7. The Balaban J connectivity index is 1.24. The molecule has 226 valence electrons. The smallest absolute Gasteiger partial charge is 0.0896 e. The van der Waals surface area contributed by atoms with Crippen LogP contribution in [0.5, 0.6) is 0 Å². The number of hydrogen-bond donors (Lipinski definition) is 3. The van der Waals surface area contributed by atoms with Gasteiger partial charge < -0.3 is 11.1 Å². The quantitative estimate of drug-likeness (QED) is 0.168. The first kappa shape index (κ1) is 28.8. The molecule has 2 atom stereocenters. The molecule has 6 nitrogen and oxygen atoms in total. The largest absolute Gasteiger partial charge is 0.379 e. The van der Waals surface area contributed by atoms with Crippen molar-refractivity contribution in [3.63, 3.8) is 0 Å². The highest BCUT2D eigenvalue weighted by atomic mass is 32.1. The van der Waals surface area contributed by atoms with Crippen molar-refractivity contribution in [2.24, 2.45) is 10.1 Å². The number of fused-ring (bicyclic) bond motifs is 3. The van der Waals surface area contributed by atoms with Crippen LogP contribution in [0.4, 0.5) is 0 Å². The summed E-state index contributed by atoms with van der Waals surface area (Å²) in [6.07, 6.45) is 12.0. The molecule has 2 unspecified atom stereocenters. The van der Waals surface area contributed by atoms with E-state index in [1.54, 1.807) is 6.20 Å². The maximum Gasteiger partial charge on any atom is 0.0896 e. The van der Waals surface area contributed by atoms with Gasteiger partial charge in [0, 0.05) is 28.3 Å². The molecule has 3 N–H and O–H groups in total. The van der Waals surface area contributed by atoms with Gasteiger partial charge in [0.1, 0.15) is 0 Å². The van der Waals surface area contributed by atoms with Gasteiger partial charge in [-0.1, -0.05) is 91.0 Å². The van der Waals surface area contributed by atoms with Crippen molar-refractivity contribution < 1.29 is 0 Å². The zero-order chi connectivity index (χ0) is 31.7. The number of dihydropyridines is 1. The van der Waals surface area contributed by atoms with Crippen LogP contribution in [-0.4, -0.2) is 26.7 Å². The number of nitrogens with two attached hydrogens (primary N) is 1. The normalized spacial score (nSPS) is 17.7. The fourth-order valence-electron chi connectivity index (χ4n) is 6.39. The number of para-hydroxylation sites is 1. The molecule has 6 aromatic rings. The van der Waals surface area contributed by atoms with E-state index in [1.165, 1.54) is 0 Å². The zero-order valence-corrected chi connectivity index (χ0v) is 26.2. The third kappa shape index (κ3) is 5.35. The highest BCUT2D eigenvalue weighted by Gasteiger charge is 2.30. The minimum Gasteiger partial charge on any atom is -0.379 e. The lowest BCUT2D eigenvalue weighted by atomic mass is 9.80. The minimum atomic E-state index is -0.471. The second kappa shape index (κ2) is 12.3. The minimum absolute atomic E-state index is 0.0328. The molecule has 1 aliphatic heterocycles. The summed E-state index contributed by atoms with van der Waals surface area (Å²) in [5.74, 6) is 0. The second-order valence-corrected chi connectivity index (χ2v) is 11.7. The molecule has 47 heavy (non-hydrogen) atoms. The van der Waals surface area contributed by atoms with Crippen molar-refractivity contribution in [1.29, 1.82) is 0 Å². The third-order valence-electron chi connectivity index (χ3n) is 8.70. The number of aromatic nitrogens is 3. The molecule has 0 spiro atoms. The molecule has 8 rings (SSSR count). The fourth-order valence-corrected chi connectivity index (χ4v) is 6.61. The van der Waals surface area contributed by atoms with E-state index >= 15 is 0 Å². The van der Waals surface area contributed by atoms with Gasteiger partial charge in [0.25, 0.3) is 0 Å². The Labute approximate surface area is 278 Å². The van der Waals surface area contributed by atoms with Crippen LogP contribution in [0.3, 0.4) is 0 Å². The monoisotopic (exact) mass is 626 g/mol. The molecule has 4 heterocycles. The van der Waals surface area contributed by atoms with Crippen molar-refractivity contribution in [1.82, 2.24) is 20.3 Å². The summed E-state index contributed by atoms with van der Waals surface area (Å²) in [7, 11) is 0. The highest BCUT2D eigenvalue weighted by molar-refractivity contribution is 7.79. The molecule has 0 radical (unpaired) electrons. The Morgan fingerprint density at radius 1 is 0.723 bits per heavy atom. The predicted molar refractivity (Wildman–Crippen MR) is 196 cm³/mol. The van der Waals surface area contributed by atoms with Gasteiger partial charge >= 0.3 is 0 Å². The lowest BCUT2D eigenvalue weighted by Gasteiger charge is -2.27. The van der Waals surface area contributed by atoms with Gasteiger partial charge in [-0.3, -0.25) is 4.98 Å². The Morgan fingerprint density at radius 2 is 1.51 bits per heavy atom. The Hall–Kier alpha value is -5.63. The molecule has 3 aromatic carbocycles. The fraction of sp³-hybridized carbons (Fsp3) is 0.0500. The van der Waals surface area contributed by atoms with Gasteiger partial charge in [-0.05, 0) is 83.8 Å². The number of nitrogens with zero attached hydrogens (tertiary/aromatic N) is 4. The molecule has 2 aliphatic rings. The van der Waals surface area contributed by atoms with Gasteiger partial charge in [0.05, 0.1) is 46.1 Å². The van der Waals surface area contributed by atoms with Gasteiger partial charge in [-0.15, -0.1) is 0 Å². The SMILES string of the molecule is NC1C(c2ccc(-c3cc(-c4ccccn4)nc(C4C=CC=CN4)c3)cc2)=Cc2c(-c3ccccc3)nc3ccccc3c2C1=NS. The first-order chi connectivity index (χ1) is 23.2. The molecule has 0 bridgehead atoms. The van der Waals surface area contributed by atoms with Crippen molar-refractivity contribution in [2.75, 3.05) is 0 Å². The van der Waals surface area contributed by atoms with Crippen LogP contribution in [0, 0.1) is 0 Å².